The number of nitrogens with two attached hydrogens (primary N) is 1. The van der Waals surface area contributed by atoms with E-state index >= 15 is 0 Å². The minimum absolute atomic E-state index is 0.315. The molecule has 0 aliphatic rings. The maximum atomic E-state index is 11.6. The van der Waals surface area contributed by atoms with Crippen molar-refractivity contribution < 1.29 is 28.5 Å². The van der Waals surface area contributed by atoms with Gasteiger partial charge in [0, 0.05) is 59.0 Å². The van der Waals surface area contributed by atoms with Crippen molar-refractivity contribution in [2.75, 3.05) is 38.5 Å². The topological polar surface area (TPSA) is 167 Å². The summed E-state index contributed by atoms with van der Waals surface area (Å²) >= 11 is 4.72. The van der Waals surface area contributed by atoms with E-state index in [0.717, 1.165) is 62.4 Å². The highest BCUT2D eigenvalue weighted by Crippen LogP contribution is 2.37. The Hall–Kier alpha value is -6.63. The van der Waals surface area contributed by atoms with E-state index in [1.165, 1.54) is 0 Å². The number of ether oxygens (including phenoxy) is 4. The lowest BCUT2D eigenvalue weighted by Gasteiger charge is -2.10. The molecule has 2 aromatic heterocycles. The van der Waals surface area contributed by atoms with Gasteiger partial charge in [-0.15, -0.1) is 0 Å². The van der Waals surface area contributed by atoms with Gasteiger partial charge in [-0.3, -0.25) is 5.32 Å². The highest BCUT2D eigenvalue weighted by atomic mass is 35.5. The van der Waals surface area contributed by atoms with Crippen LogP contribution in [0.3, 0.4) is 0 Å². The fourth-order valence-electron chi connectivity index (χ4n) is 6.15. The number of anilines is 2. The maximum Gasteiger partial charge on any atom is 0.411 e. The largest absolute Gasteiger partial charge is 0.497 e. The number of carbonyl (C=O) groups excluding carboxylic acids is 2. The van der Waals surface area contributed by atoms with Crippen LogP contribution in [0.25, 0.3) is 44.3 Å². The molecule has 0 saturated heterocycles. The molecule has 6 rings (SSSR count). The average molecular weight is 763 g/mol. The van der Waals surface area contributed by atoms with E-state index in [-0.39, 0.29) is 0 Å². The fourth-order valence-corrected chi connectivity index (χ4v) is 6.26. The number of methoxy groups -OCH3 is 2. The first-order chi connectivity index (χ1) is 26.6. The molecule has 55 heavy (non-hydrogen) atoms. The normalized spacial score (nSPS) is 10.2. The zero-order valence-corrected chi connectivity index (χ0v) is 32.4. The molecule has 4 aromatic carbocycles. The van der Waals surface area contributed by atoms with Gasteiger partial charge in [-0.25, -0.2) is 9.59 Å². The van der Waals surface area contributed by atoms with Crippen LogP contribution in [0, 0.1) is 22.7 Å². The summed E-state index contributed by atoms with van der Waals surface area (Å²) in [5.74, 6) is 1.53. The van der Waals surface area contributed by atoms with Gasteiger partial charge >= 0.3 is 11.5 Å². The van der Waals surface area contributed by atoms with Gasteiger partial charge < -0.3 is 33.8 Å². The molecule has 0 saturated carbocycles. The molecule has 0 aliphatic carbocycles. The second kappa shape index (κ2) is 19.4. The number of carbonyl (C=O) groups is 2. The Balaban J connectivity index is 0.000000216. The summed E-state index contributed by atoms with van der Waals surface area (Å²) in [6.45, 7) is 9.71. The number of hydrogen-bond donors (Lipinski definition) is 2. The van der Waals surface area contributed by atoms with Crippen molar-refractivity contribution >= 4 is 56.3 Å². The standard InChI is InChI=1S/C21H21N3O3.C18H17N3O.C3H5ClO2/c1-4-24-19-12-16(26-3)10-11-17(19)18(13-22)20(24)14-6-8-15(9-7-14)23-21(25)27-5-2;1-3-21-17-10-14(22-2)8-9-15(17)16(11-19)18(21)12-4-6-13(20)7-5-12;1-2-6-3(4)5/h6-12H,4-5H2,1-3H3,(H,23,25);4-10H,3,20H2,1-2H3;2H2,1H3. The number of hydrogen-bond acceptors (Lipinski definition) is 9. The molecule has 0 bridgehead atoms. The number of nitrogens with one attached hydrogen (secondary N) is 1. The number of benzene rings is 4. The number of amides is 1. The Morgan fingerprint density at radius 3 is 1.47 bits per heavy atom. The smallest absolute Gasteiger partial charge is 0.411 e. The molecular weight excluding hydrogens is 720 g/mol. The van der Waals surface area contributed by atoms with Crippen molar-refractivity contribution in [2.24, 2.45) is 0 Å². The zero-order chi connectivity index (χ0) is 40.1. The van der Waals surface area contributed by atoms with Gasteiger partial charge in [0.25, 0.3) is 0 Å². The van der Waals surface area contributed by atoms with Crippen molar-refractivity contribution in [2.45, 2.75) is 40.8 Å². The molecule has 13 heteroatoms. The highest BCUT2D eigenvalue weighted by Gasteiger charge is 2.20. The Labute approximate surface area is 325 Å². The van der Waals surface area contributed by atoms with Gasteiger partial charge in [-0.2, -0.15) is 10.5 Å². The van der Waals surface area contributed by atoms with E-state index in [9.17, 15) is 20.1 Å². The molecule has 0 aliphatic heterocycles. The van der Waals surface area contributed by atoms with E-state index < -0.39 is 11.5 Å². The number of aryl methyl sites for hydroxylation is 2. The summed E-state index contributed by atoms with van der Waals surface area (Å²) < 4.78 is 23.9. The minimum atomic E-state index is -0.738. The molecule has 0 fully saturated rings. The van der Waals surface area contributed by atoms with Gasteiger partial charge in [0.2, 0.25) is 0 Å². The molecule has 2 heterocycles. The SMILES string of the molecule is CCOC(=O)Cl.CCOC(=O)Nc1ccc(-c2c(C#N)c3ccc(OC)cc3n2CC)cc1.CCn1c(-c2ccc(N)cc2)c(C#N)c2ccc(OC)cc21. The minimum Gasteiger partial charge on any atom is -0.497 e. The summed E-state index contributed by atoms with van der Waals surface area (Å²) in [6.07, 6.45) is -0.488. The molecule has 6 aromatic rings. The molecule has 0 spiro atoms. The third-order valence-corrected chi connectivity index (χ3v) is 8.63. The molecule has 1 amide bonds. The summed E-state index contributed by atoms with van der Waals surface area (Å²) in [4.78, 5) is 21.1. The monoisotopic (exact) mass is 762 g/mol. The first-order valence-electron chi connectivity index (χ1n) is 17.5. The van der Waals surface area contributed by atoms with Crippen molar-refractivity contribution in [1.29, 1.82) is 10.5 Å². The van der Waals surface area contributed by atoms with Crippen LogP contribution in [0.2, 0.25) is 0 Å². The van der Waals surface area contributed by atoms with Crippen LogP contribution in [-0.4, -0.2) is 48.1 Å². The Morgan fingerprint density at radius 1 is 0.691 bits per heavy atom. The molecule has 3 N–H and O–H groups in total. The Morgan fingerprint density at radius 2 is 1.13 bits per heavy atom. The van der Waals surface area contributed by atoms with Gasteiger partial charge in [0.1, 0.15) is 23.6 Å². The second-order valence-corrected chi connectivity index (χ2v) is 11.9. The first kappa shape index (κ1) is 41.1. The molecule has 12 nitrogen and oxygen atoms in total. The lowest BCUT2D eigenvalue weighted by Crippen LogP contribution is -2.13. The lowest BCUT2D eigenvalue weighted by atomic mass is 10.1. The fraction of sp³-hybridized carbons (Fsp3) is 0.238. The predicted octanol–water partition coefficient (Wildman–Crippen LogP) is 9.95. The van der Waals surface area contributed by atoms with Crippen molar-refractivity contribution in [3.63, 3.8) is 0 Å². The number of aromatic nitrogens is 2. The van der Waals surface area contributed by atoms with Crippen LogP contribution >= 0.6 is 11.6 Å². The van der Waals surface area contributed by atoms with Crippen LogP contribution in [-0.2, 0) is 22.6 Å². The van der Waals surface area contributed by atoms with Gasteiger partial charge in [0.05, 0.1) is 61.0 Å². The van der Waals surface area contributed by atoms with E-state index in [1.807, 2.05) is 79.7 Å². The van der Waals surface area contributed by atoms with Crippen LogP contribution in [0.4, 0.5) is 21.0 Å². The number of rotatable bonds is 9. The maximum absolute atomic E-state index is 11.6. The number of nitriles is 2. The summed E-state index contributed by atoms with van der Waals surface area (Å²) in [6, 6.07) is 31.2. The lowest BCUT2D eigenvalue weighted by molar-refractivity contribution is 0.168. The van der Waals surface area contributed by atoms with E-state index in [2.05, 4.69) is 38.3 Å². The van der Waals surface area contributed by atoms with Crippen LogP contribution in [0.15, 0.2) is 84.9 Å². The predicted molar refractivity (Wildman–Crippen MR) is 217 cm³/mol. The summed E-state index contributed by atoms with van der Waals surface area (Å²) in [7, 11) is 3.27. The van der Waals surface area contributed by atoms with E-state index in [4.69, 9.17) is 31.5 Å². The number of nitrogens with zero attached hydrogens (tertiary/aromatic N) is 4. The number of nitrogen functional groups attached to an aromatic ring is 1. The Bertz CT molecular complexity index is 2350. The van der Waals surface area contributed by atoms with E-state index in [1.54, 1.807) is 40.2 Å². The van der Waals surface area contributed by atoms with Gasteiger partial charge in [-0.05, 0) is 87.4 Å². The molecule has 0 radical (unpaired) electrons. The summed E-state index contributed by atoms with van der Waals surface area (Å²) in [5.41, 5.74) is 13.3. The molecule has 0 atom stereocenters. The van der Waals surface area contributed by atoms with Crippen molar-refractivity contribution in [3.8, 4) is 46.2 Å². The van der Waals surface area contributed by atoms with Crippen LogP contribution in [0.1, 0.15) is 38.8 Å². The third-order valence-electron chi connectivity index (χ3n) is 8.52. The zero-order valence-electron chi connectivity index (χ0n) is 31.6. The quantitative estimate of drug-likeness (QED) is 0.108. The highest BCUT2D eigenvalue weighted by molar-refractivity contribution is 6.61. The van der Waals surface area contributed by atoms with Crippen LogP contribution in [0.5, 0.6) is 11.5 Å². The van der Waals surface area contributed by atoms with Crippen molar-refractivity contribution in [3.05, 3.63) is 96.1 Å². The van der Waals surface area contributed by atoms with Gasteiger partial charge in [0.15, 0.2) is 0 Å². The van der Waals surface area contributed by atoms with Crippen LogP contribution < -0.4 is 20.5 Å². The van der Waals surface area contributed by atoms with Crippen molar-refractivity contribution in [1.82, 2.24) is 9.13 Å². The Kier molecular flexibility index (Phi) is 14.5. The average Bonchev–Trinajstić information content (AvgIpc) is 3.69. The molecular formula is C42H43ClN6O6. The summed E-state index contributed by atoms with van der Waals surface area (Å²) in [5, 5.41) is 23.9. The number of halogens is 1. The second-order valence-electron chi connectivity index (χ2n) is 11.6. The van der Waals surface area contributed by atoms with Gasteiger partial charge in [-0.1, -0.05) is 24.3 Å². The molecule has 284 valence electrons. The van der Waals surface area contributed by atoms with E-state index in [0.29, 0.717) is 42.3 Å². The number of fused-ring (bicyclic) bond motifs is 2. The first-order valence-corrected chi connectivity index (χ1v) is 17.9. The third kappa shape index (κ3) is 9.49. The molecule has 0 unspecified atom stereocenters.